The fraction of sp³-hybridized carbons (Fsp3) is 0.231. The van der Waals surface area contributed by atoms with Crippen LogP contribution < -0.4 is 21.5 Å². The van der Waals surface area contributed by atoms with E-state index in [1.54, 1.807) is 31.2 Å². The van der Waals surface area contributed by atoms with Crippen molar-refractivity contribution >= 4 is 57.7 Å². The molecule has 1 aliphatic heterocycles. The summed E-state index contributed by atoms with van der Waals surface area (Å²) in [6.07, 6.45) is 1.05. The lowest BCUT2D eigenvalue weighted by Gasteiger charge is -2.17. The summed E-state index contributed by atoms with van der Waals surface area (Å²) in [6, 6.07) is 20.5. The van der Waals surface area contributed by atoms with Gasteiger partial charge in [-0.1, -0.05) is 44.2 Å². The smallest absolute Gasteiger partial charge is 0.336 e. The predicted molar refractivity (Wildman–Crippen MR) is 202 cm³/mol. The molecule has 0 bridgehead atoms. The number of anilines is 1. The summed E-state index contributed by atoms with van der Waals surface area (Å²) in [4.78, 5) is 62.0. The van der Waals surface area contributed by atoms with E-state index >= 15 is 0 Å². The van der Waals surface area contributed by atoms with Crippen molar-refractivity contribution in [3.05, 3.63) is 106 Å². The summed E-state index contributed by atoms with van der Waals surface area (Å²) in [6.45, 7) is 6.28. The third-order valence-corrected chi connectivity index (χ3v) is 9.23. The molecule has 52 heavy (non-hydrogen) atoms. The number of carbonyl (C=O) groups excluding carboxylic acids is 3. The minimum Gasteiger partial charge on any atom is -0.508 e. The molecule has 0 fully saturated rings. The number of aromatic carboxylic acids is 1. The molecule has 0 aromatic heterocycles. The van der Waals surface area contributed by atoms with E-state index in [1.165, 1.54) is 30.3 Å². The number of aromatic hydroxyl groups is 1. The average Bonchev–Trinajstić information content (AvgIpc) is 3.12. The van der Waals surface area contributed by atoms with E-state index in [0.717, 1.165) is 22.9 Å². The molecule has 5 rings (SSSR count). The first kappa shape index (κ1) is 37.5. The number of hydrogen-bond donors (Lipinski definition) is 5. The second-order valence-corrected chi connectivity index (χ2v) is 13.0. The first-order chi connectivity index (χ1) is 25.0. The highest BCUT2D eigenvalue weighted by Gasteiger charge is 2.23. The Bertz CT molecular complexity index is 2200. The number of Topliss-reactive ketones (excluding diaryl/α,β-unsaturated/α-hetero) is 1. The van der Waals surface area contributed by atoms with Crippen LogP contribution in [-0.4, -0.2) is 63.6 Å². The number of amides is 2. The van der Waals surface area contributed by atoms with Gasteiger partial charge in [-0.25, -0.2) is 10.2 Å². The van der Waals surface area contributed by atoms with Crippen molar-refractivity contribution in [1.29, 1.82) is 0 Å². The Morgan fingerprint density at radius 3 is 2.33 bits per heavy atom. The molecule has 1 aliphatic carbocycles. The predicted octanol–water partition coefficient (Wildman–Crippen LogP) is 5.68. The van der Waals surface area contributed by atoms with Gasteiger partial charge in [-0.3, -0.25) is 19.2 Å². The number of carboxylic acids is 1. The van der Waals surface area contributed by atoms with Gasteiger partial charge in [0.1, 0.15) is 22.9 Å². The number of carbonyl (C=O) groups is 4. The van der Waals surface area contributed by atoms with Crippen molar-refractivity contribution in [2.75, 3.05) is 23.4 Å². The molecule has 0 spiro atoms. The zero-order valence-electron chi connectivity index (χ0n) is 28.8. The van der Waals surface area contributed by atoms with Crippen LogP contribution in [-0.2, 0) is 20.8 Å². The number of fused-ring (bicyclic) bond motifs is 2. The maximum Gasteiger partial charge on any atom is 0.336 e. The van der Waals surface area contributed by atoms with Gasteiger partial charge in [0.15, 0.2) is 5.43 Å². The van der Waals surface area contributed by atoms with Crippen molar-refractivity contribution in [1.82, 2.24) is 10.7 Å². The van der Waals surface area contributed by atoms with Crippen molar-refractivity contribution in [2.45, 2.75) is 39.7 Å². The third kappa shape index (κ3) is 9.11. The summed E-state index contributed by atoms with van der Waals surface area (Å²) in [7, 11) is 0. The maximum atomic E-state index is 12.8. The van der Waals surface area contributed by atoms with Gasteiger partial charge in [-0.15, -0.1) is 11.8 Å². The third-order valence-electron chi connectivity index (χ3n) is 8.29. The quantitative estimate of drug-likeness (QED) is 0.0511. The first-order valence-corrected chi connectivity index (χ1v) is 17.8. The topological polar surface area (TPSA) is 187 Å². The summed E-state index contributed by atoms with van der Waals surface area (Å²) in [5.74, 6) is -1.87. The second kappa shape index (κ2) is 16.9. The Hall–Kier alpha value is -5.79. The molecule has 1 atom stereocenters. The number of ketones is 1. The number of nitrogens with one attached hydrogen (secondary N) is 3. The lowest BCUT2D eigenvalue weighted by Crippen LogP contribution is -2.38. The number of benzene rings is 4. The Kier molecular flexibility index (Phi) is 12.2. The lowest BCUT2D eigenvalue weighted by molar-refractivity contribution is -0.121. The number of hydrazone groups is 1. The van der Waals surface area contributed by atoms with Crippen LogP contribution in [0.1, 0.15) is 48.7 Å². The minimum absolute atomic E-state index is 0.0421. The van der Waals surface area contributed by atoms with Crippen LogP contribution in [0.2, 0.25) is 0 Å². The van der Waals surface area contributed by atoms with Gasteiger partial charge in [-0.2, -0.15) is 5.10 Å². The Labute approximate surface area is 303 Å². The summed E-state index contributed by atoms with van der Waals surface area (Å²) < 4.78 is 5.86. The van der Waals surface area contributed by atoms with E-state index in [4.69, 9.17) is 4.42 Å². The normalized spacial score (nSPS) is 12.1. The van der Waals surface area contributed by atoms with Crippen LogP contribution in [0.25, 0.3) is 33.4 Å². The molecule has 13 heteroatoms. The van der Waals surface area contributed by atoms with E-state index in [0.29, 0.717) is 47.2 Å². The van der Waals surface area contributed by atoms with Crippen molar-refractivity contribution < 1.29 is 33.8 Å². The van der Waals surface area contributed by atoms with Crippen LogP contribution in [0.15, 0.2) is 93.2 Å². The molecular weight excluding hydrogens is 685 g/mol. The molecule has 5 N–H and O–H groups in total. The number of thioether (sulfide) groups is 1. The van der Waals surface area contributed by atoms with E-state index in [2.05, 4.69) is 21.2 Å². The number of hydrogen-bond acceptors (Lipinski definition) is 10. The molecule has 1 heterocycles. The highest BCUT2D eigenvalue weighted by atomic mass is 32.2. The van der Waals surface area contributed by atoms with Crippen molar-refractivity contribution in [3.8, 4) is 28.2 Å². The van der Waals surface area contributed by atoms with Crippen LogP contribution in [0, 0.1) is 0 Å². The highest BCUT2D eigenvalue weighted by Crippen LogP contribution is 2.42. The van der Waals surface area contributed by atoms with Gasteiger partial charge in [0.25, 0.3) is 0 Å². The van der Waals surface area contributed by atoms with Crippen LogP contribution >= 0.6 is 11.8 Å². The largest absolute Gasteiger partial charge is 0.508 e. The molecule has 0 saturated heterocycles. The number of carboxylic acid groups (broad SMARTS) is 1. The maximum absolute atomic E-state index is 12.8. The average molecular weight is 723 g/mol. The van der Waals surface area contributed by atoms with E-state index < -0.39 is 17.8 Å². The summed E-state index contributed by atoms with van der Waals surface area (Å²) >= 11 is 1.07. The zero-order chi connectivity index (χ0) is 37.4. The van der Waals surface area contributed by atoms with E-state index in [1.807, 2.05) is 38.1 Å². The fourth-order valence-corrected chi connectivity index (χ4v) is 6.36. The van der Waals surface area contributed by atoms with Crippen LogP contribution in [0.4, 0.5) is 5.69 Å². The Balaban J connectivity index is 1.19. The van der Waals surface area contributed by atoms with Crippen molar-refractivity contribution in [2.24, 2.45) is 5.10 Å². The Morgan fingerprint density at radius 2 is 1.62 bits per heavy atom. The molecule has 2 amide bonds. The van der Waals surface area contributed by atoms with E-state index in [-0.39, 0.29) is 57.1 Å². The van der Waals surface area contributed by atoms with Gasteiger partial charge in [-0.05, 0) is 73.0 Å². The van der Waals surface area contributed by atoms with Crippen LogP contribution in [0.3, 0.4) is 0 Å². The highest BCUT2D eigenvalue weighted by molar-refractivity contribution is 8.00. The summed E-state index contributed by atoms with van der Waals surface area (Å²) in [5.41, 5.74) is 6.31. The van der Waals surface area contributed by atoms with Gasteiger partial charge in [0.2, 0.25) is 11.8 Å². The monoisotopic (exact) mass is 722 g/mol. The second-order valence-electron chi connectivity index (χ2n) is 12.0. The number of nitrogens with zero attached hydrogens (tertiary/aromatic N) is 1. The molecule has 0 radical (unpaired) electrons. The summed E-state index contributed by atoms with van der Waals surface area (Å²) in [5, 5.41) is 30.8. The standard InChI is InChI=1S/C39H38N4O8S/c1-4-33(46)32(40-5-2)16-23-6-8-24(9-7-23)22(3)42-43-37(48)21-52-20-36(47)41-25-10-13-28(31(17-25)39(49)50)38-29-14-11-26(44)18-34(29)51-35-19-27(45)12-15-30(35)38/h6-15,17-19,32,40,44H,4-5,16,20-21H2,1-3H3,(H,41,47)(H,43,48)(H,49,50). The first-order valence-electron chi connectivity index (χ1n) is 16.6. The number of likely N-dealkylation sites (N-methyl/N-ethyl adjacent to an activating group) is 1. The number of rotatable bonds is 15. The minimum atomic E-state index is -1.24. The molecule has 12 nitrogen and oxygen atoms in total. The number of phenolic OH excluding ortho intramolecular Hbond substituents is 1. The fourth-order valence-electron chi connectivity index (χ4n) is 5.75. The van der Waals surface area contributed by atoms with Crippen molar-refractivity contribution in [3.63, 3.8) is 0 Å². The zero-order valence-corrected chi connectivity index (χ0v) is 29.6. The Morgan fingerprint density at radius 1 is 0.885 bits per heavy atom. The molecule has 268 valence electrons. The van der Waals surface area contributed by atoms with Gasteiger partial charge in [0.05, 0.1) is 28.8 Å². The molecule has 3 aromatic rings. The lowest BCUT2D eigenvalue weighted by atomic mass is 9.90. The molecular formula is C39H38N4O8S. The molecule has 1 unspecified atom stereocenters. The van der Waals surface area contributed by atoms with Gasteiger partial charge >= 0.3 is 5.97 Å². The number of phenols is 1. The molecule has 2 aliphatic rings. The van der Waals surface area contributed by atoms with Crippen LogP contribution in [0.5, 0.6) is 5.75 Å². The van der Waals surface area contributed by atoms with Gasteiger partial charge < -0.3 is 25.3 Å². The van der Waals surface area contributed by atoms with E-state index in [9.17, 15) is 34.2 Å². The molecule has 3 aromatic carbocycles. The molecule has 0 saturated carbocycles. The van der Waals surface area contributed by atoms with Gasteiger partial charge in [0, 0.05) is 40.8 Å². The SMILES string of the molecule is CCNC(Cc1ccc(C(C)=NNC(=O)CSCC(=O)Nc2ccc(-c3c4ccc(=O)cc-4oc4cc(O)ccc34)c(C(=O)O)c2)cc1)C(=O)CC.